The van der Waals surface area contributed by atoms with Gasteiger partial charge in [0.25, 0.3) is 0 Å². The van der Waals surface area contributed by atoms with Crippen molar-refractivity contribution in [3.05, 3.63) is 42.1 Å². The van der Waals surface area contributed by atoms with Crippen molar-refractivity contribution >= 4 is 24.1 Å². The number of anilines is 2. The van der Waals surface area contributed by atoms with Gasteiger partial charge in [0.2, 0.25) is 0 Å². The van der Waals surface area contributed by atoms with Gasteiger partial charge in [-0.3, -0.25) is 0 Å². The molecule has 25 heavy (non-hydrogen) atoms. The van der Waals surface area contributed by atoms with Gasteiger partial charge in [0.15, 0.2) is 0 Å². The molecule has 0 spiro atoms. The Balaban J connectivity index is 1.77. The van der Waals surface area contributed by atoms with Crippen LogP contribution in [0.2, 0.25) is 0 Å². The first-order chi connectivity index (χ1) is 11.7. The summed E-state index contributed by atoms with van der Waals surface area (Å²) in [6.45, 7) is 10.2. The molecule has 0 aliphatic carbocycles. The number of methoxy groups -OCH3 is 1. The lowest BCUT2D eigenvalue weighted by Crippen LogP contribution is -2.41. The maximum Gasteiger partial charge on any atom is 0.496 e. The third kappa shape index (κ3) is 3.50. The molecule has 2 aromatic rings. The Labute approximate surface area is 149 Å². The lowest BCUT2D eigenvalue weighted by atomic mass is 9.77. The van der Waals surface area contributed by atoms with Gasteiger partial charge in [0.1, 0.15) is 11.6 Å². The number of rotatable bonds is 4. The SMILES string of the molecule is COc1ccc(Nc2cc(C)c(B3OC(C)(C)C(C)(C)O3)cn2)cc1. The number of nitrogens with one attached hydrogen (secondary N) is 1. The number of ether oxygens (including phenoxy) is 1. The van der Waals surface area contributed by atoms with Gasteiger partial charge in [-0.05, 0) is 70.5 Å². The average Bonchev–Trinajstić information content (AvgIpc) is 2.76. The molecule has 132 valence electrons. The molecule has 0 atom stereocenters. The zero-order valence-corrected chi connectivity index (χ0v) is 15.7. The fourth-order valence-corrected chi connectivity index (χ4v) is 2.67. The topological polar surface area (TPSA) is 52.6 Å². The van der Waals surface area contributed by atoms with E-state index in [-0.39, 0.29) is 11.2 Å². The third-order valence-corrected chi connectivity index (χ3v) is 5.02. The molecular weight excluding hydrogens is 315 g/mol. The molecule has 0 bridgehead atoms. The minimum atomic E-state index is -0.396. The summed E-state index contributed by atoms with van der Waals surface area (Å²) in [6.07, 6.45) is 1.82. The van der Waals surface area contributed by atoms with Crippen molar-refractivity contribution in [3.63, 3.8) is 0 Å². The molecule has 1 N–H and O–H groups in total. The second-order valence-electron chi connectivity index (χ2n) is 7.37. The van der Waals surface area contributed by atoms with Gasteiger partial charge in [0.05, 0.1) is 18.3 Å². The van der Waals surface area contributed by atoms with E-state index in [1.165, 1.54) is 0 Å². The van der Waals surface area contributed by atoms with E-state index in [9.17, 15) is 0 Å². The highest BCUT2D eigenvalue weighted by molar-refractivity contribution is 6.62. The standard InChI is InChI=1S/C19H25BN2O3/c1-13-11-17(22-14-7-9-15(23-6)10-8-14)21-12-16(13)20-24-18(2,3)19(4,5)25-20/h7-12H,1-6H3,(H,21,22). The van der Waals surface area contributed by atoms with Crippen LogP contribution in [0.15, 0.2) is 36.5 Å². The molecule has 0 saturated carbocycles. The van der Waals surface area contributed by atoms with Crippen LogP contribution in [0.25, 0.3) is 0 Å². The van der Waals surface area contributed by atoms with E-state index in [4.69, 9.17) is 14.0 Å². The van der Waals surface area contributed by atoms with Gasteiger partial charge < -0.3 is 19.4 Å². The van der Waals surface area contributed by atoms with Gasteiger partial charge in [-0.1, -0.05) is 0 Å². The maximum absolute atomic E-state index is 6.12. The van der Waals surface area contributed by atoms with E-state index in [0.717, 1.165) is 28.3 Å². The molecule has 2 heterocycles. The Hall–Kier alpha value is -2.05. The number of pyridine rings is 1. The van der Waals surface area contributed by atoms with Crippen molar-refractivity contribution < 1.29 is 14.0 Å². The summed E-state index contributed by atoms with van der Waals surface area (Å²) in [5.41, 5.74) is 2.27. The van der Waals surface area contributed by atoms with Crippen LogP contribution in [-0.2, 0) is 9.31 Å². The summed E-state index contributed by atoms with van der Waals surface area (Å²) in [6, 6.07) is 9.74. The first-order valence-electron chi connectivity index (χ1n) is 8.45. The first-order valence-corrected chi connectivity index (χ1v) is 8.45. The second kappa shape index (κ2) is 6.35. The fourth-order valence-electron chi connectivity index (χ4n) is 2.67. The molecule has 0 radical (unpaired) electrons. The molecular formula is C19H25BN2O3. The normalized spacial score (nSPS) is 18.2. The highest BCUT2D eigenvalue weighted by Gasteiger charge is 2.52. The maximum atomic E-state index is 6.12. The molecule has 1 aliphatic rings. The number of nitrogens with zero attached hydrogens (tertiary/aromatic N) is 1. The van der Waals surface area contributed by atoms with Crippen LogP contribution in [0.3, 0.4) is 0 Å². The van der Waals surface area contributed by atoms with E-state index in [0.29, 0.717) is 0 Å². The fraction of sp³-hybridized carbons (Fsp3) is 0.421. The quantitative estimate of drug-likeness (QED) is 0.864. The van der Waals surface area contributed by atoms with Crippen LogP contribution in [0.5, 0.6) is 5.75 Å². The second-order valence-corrected chi connectivity index (χ2v) is 7.37. The number of aryl methyl sites for hydroxylation is 1. The van der Waals surface area contributed by atoms with Gasteiger partial charge in [-0.25, -0.2) is 4.98 Å². The van der Waals surface area contributed by atoms with E-state index in [1.54, 1.807) is 7.11 Å². The molecule has 0 amide bonds. The average molecular weight is 340 g/mol. The predicted molar refractivity (Wildman–Crippen MR) is 101 cm³/mol. The number of benzene rings is 1. The van der Waals surface area contributed by atoms with Gasteiger partial charge in [-0.15, -0.1) is 0 Å². The summed E-state index contributed by atoms with van der Waals surface area (Å²) in [5, 5.41) is 3.30. The van der Waals surface area contributed by atoms with Crippen LogP contribution >= 0.6 is 0 Å². The van der Waals surface area contributed by atoms with E-state index >= 15 is 0 Å². The molecule has 5 nitrogen and oxygen atoms in total. The van der Waals surface area contributed by atoms with Crippen molar-refractivity contribution in [3.8, 4) is 5.75 Å². The molecule has 1 fully saturated rings. The molecule has 6 heteroatoms. The molecule has 1 aliphatic heterocycles. The van der Waals surface area contributed by atoms with Crippen molar-refractivity contribution in [1.82, 2.24) is 4.98 Å². The summed E-state index contributed by atoms with van der Waals surface area (Å²) in [5.74, 6) is 1.61. The lowest BCUT2D eigenvalue weighted by Gasteiger charge is -2.32. The van der Waals surface area contributed by atoms with Crippen LogP contribution in [-0.4, -0.2) is 30.4 Å². The molecule has 1 saturated heterocycles. The monoisotopic (exact) mass is 340 g/mol. The Bertz CT molecular complexity index is 744. The summed E-state index contributed by atoms with van der Waals surface area (Å²) in [4.78, 5) is 4.52. The van der Waals surface area contributed by atoms with Crippen molar-refractivity contribution in [1.29, 1.82) is 0 Å². The highest BCUT2D eigenvalue weighted by Crippen LogP contribution is 2.36. The third-order valence-electron chi connectivity index (χ3n) is 5.02. The Morgan fingerprint density at radius 1 is 1.04 bits per heavy atom. The van der Waals surface area contributed by atoms with Crippen molar-refractivity contribution in [2.75, 3.05) is 12.4 Å². The first kappa shape index (κ1) is 17.8. The predicted octanol–water partition coefficient (Wildman–Crippen LogP) is 3.44. The van der Waals surface area contributed by atoms with Crippen LogP contribution in [0.4, 0.5) is 11.5 Å². The van der Waals surface area contributed by atoms with E-state index in [1.807, 2.05) is 43.5 Å². The van der Waals surface area contributed by atoms with Crippen LogP contribution in [0.1, 0.15) is 33.3 Å². The molecule has 0 unspecified atom stereocenters. The minimum Gasteiger partial charge on any atom is -0.497 e. The van der Waals surface area contributed by atoms with E-state index < -0.39 is 7.12 Å². The van der Waals surface area contributed by atoms with Gasteiger partial charge >= 0.3 is 7.12 Å². The Morgan fingerprint density at radius 2 is 1.64 bits per heavy atom. The number of hydrogen-bond donors (Lipinski definition) is 1. The van der Waals surface area contributed by atoms with Gasteiger partial charge in [0, 0.05) is 17.3 Å². The van der Waals surface area contributed by atoms with E-state index in [2.05, 4.69) is 38.0 Å². The molecule has 3 rings (SSSR count). The Morgan fingerprint density at radius 3 is 2.16 bits per heavy atom. The summed E-state index contributed by atoms with van der Waals surface area (Å²) in [7, 11) is 1.26. The minimum absolute atomic E-state index is 0.357. The zero-order valence-electron chi connectivity index (χ0n) is 15.7. The smallest absolute Gasteiger partial charge is 0.496 e. The van der Waals surface area contributed by atoms with Crippen molar-refractivity contribution in [2.45, 2.75) is 45.8 Å². The molecule has 1 aromatic heterocycles. The molecule has 1 aromatic carbocycles. The van der Waals surface area contributed by atoms with Gasteiger partial charge in [-0.2, -0.15) is 0 Å². The van der Waals surface area contributed by atoms with Crippen LogP contribution in [0, 0.1) is 6.92 Å². The number of hydrogen-bond acceptors (Lipinski definition) is 5. The highest BCUT2D eigenvalue weighted by atomic mass is 16.7. The van der Waals surface area contributed by atoms with Crippen LogP contribution < -0.4 is 15.5 Å². The Kier molecular flexibility index (Phi) is 4.52. The lowest BCUT2D eigenvalue weighted by molar-refractivity contribution is 0.00578. The summed E-state index contributed by atoms with van der Waals surface area (Å²) < 4.78 is 17.4. The largest absolute Gasteiger partial charge is 0.497 e. The van der Waals surface area contributed by atoms with Crippen molar-refractivity contribution in [2.24, 2.45) is 0 Å². The zero-order chi connectivity index (χ0) is 18.2. The number of aromatic nitrogens is 1. The summed E-state index contributed by atoms with van der Waals surface area (Å²) >= 11 is 0.